The molecule has 0 spiro atoms. The summed E-state index contributed by atoms with van der Waals surface area (Å²) in [5.74, 6) is 3.06. The third-order valence-electron chi connectivity index (χ3n) is 4.49. The quantitative estimate of drug-likeness (QED) is 0.537. The second kappa shape index (κ2) is 3.22. The zero-order valence-corrected chi connectivity index (χ0v) is 8.61. The number of rotatable bonds is 0. The summed E-state index contributed by atoms with van der Waals surface area (Å²) in [6.45, 7) is 0. The molecule has 4 unspecified atom stereocenters. The summed E-state index contributed by atoms with van der Waals surface area (Å²) in [4.78, 5) is 12.0. The van der Waals surface area contributed by atoms with E-state index < -0.39 is 0 Å². The molecule has 14 heavy (non-hydrogen) atoms. The molecule has 1 nitrogen and oxygen atoms in total. The third-order valence-corrected chi connectivity index (χ3v) is 4.49. The predicted molar refractivity (Wildman–Crippen MR) is 55.8 cm³/mol. The molecule has 0 aromatic heterocycles. The fraction of sp³-hybridized carbons (Fsp3) is 0.769. The monoisotopic (exact) mass is 190 g/mol. The maximum Gasteiger partial charge on any atom is 0.136 e. The van der Waals surface area contributed by atoms with Crippen LogP contribution in [0.3, 0.4) is 0 Å². The van der Waals surface area contributed by atoms with Gasteiger partial charge in [-0.3, -0.25) is 4.79 Å². The summed E-state index contributed by atoms with van der Waals surface area (Å²) < 4.78 is 0. The Morgan fingerprint density at radius 1 is 1.00 bits per heavy atom. The molecular formula is C13H18O. The molecule has 0 aromatic carbocycles. The second-order valence-corrected chi connectivity index (χ2v) is 5.19. The van der Waals surface area contributed by atoms with E-state index in [4.69, 9.17) is 0 Å². The van der Waals surface area contributed by atoms with Crippen LogP contribution in [0.1, 0.15) is 38.5 Å². The van der Waals surface area contributed by atoms with Crippen LogP contribution in [-0.4, -0.2) is 5.78 Å². The zero-order valence-electron chi connectivity index (χ0n) is 8.61. The van der Waals surface area contributed by atoms with Gasteiger partial charge in [0.2, 0.25) is 0 Å². The van der Waals surface area contributed by atoms with E-state index in [1.165, 1.54) is 25.7 Å². The van der Waals surface area contributed by atoms with Gasteiger partial charge in [0.05, 0.1) is 0 Å². The molecule has 0 amide bonds. The van der Waals surface area contributed by atoms with E-state index in [0.29, 0.717) is 23.5 Å². The molecule has 0 heterocycles. The molecule has 2 fully saturated rings. The molecule has 0 N–H and O–H groups in total. The van der Waals surface area contributed by atoms with E-state index in [0.717, 1.165) is 18.8 Å². The molecule has 0 saturated heterocycles. The lowest BCUT2D eigenvalue weighted by Gasteiger charge is -2.43. The van der Waals surface area contributed by atoms with Gasteiger partial charge < -0.3 is 0 Å². The van der Waals surface area contributed by atoms with Gasteiger partial charge in [-0.25, -0.2) is 0 Å². The van der Waals surface area contributed by atoms with Gasteiger partial charge in [-0.05, 0) is 43.4 Å². The van der Waals surface area contributed by atoms with Gasteiger partial charge in [0, 0.05) is 12.3 Å². The smallest absolute Gasteiger partial charge is 0.136 e. The molecule has 2 bridgehead atoms. The zero-order chi connectivity index (χ0) is 9.54. The van der Waals surface area contributed by atoms with E-state index in [1.54, 1.807) is 0 Å². The number of ketones is 1. The highest BCUT2D eigenvalue weighted by molar-refractivity contribution is 5.82. The van der Waals surface area contributed by atoms with Gasteiger partial charge in [-0.15, -0.1) is 0 Å². The number of hydrogen-bond acceptors (Lipinski definition) is 1. The molecule has 4 rings (SSSR count). The van der Waals surface area contributed by atoms with Crippen molar-refractivity contribution in [2.75, 3.05) is 0 Å². The number of carbonyl (C=O) groups excluding carboxylic acids is 1. The molecule has 2 saturated carbocycles. The first-order chi connectivity index (χ1) is 6.86. The third kappa shape index (κ3) is 1.18. The molecule has 1 heteroatoms. The van der Waals surface area contributed by atoms with E-state index in [9.17, 15) is 4.79 Å². The minimum atomic E-state index is 0.418. The Balaban J connectivity index is 1.94. The van der Waals surface area contributed by atoms with Crippen molar-refractivity contribution in [3.8, 4) is 0 Å². The van der Waals surface area contributed by atoms with E-state index in [-0.39, 0.29) is 0 Å². The van der Waals surface area contributed by atoms with Crippen LogP contribution in [0.2, 0.25) is 0 Å². The van der Waals surface area contributed by atoms with Crippen molar-refractivity contribution in [3.05, 3.63) is 12.2 Å². The highest BCUT2D eigenvalue weighted by atomic mass is 16.1. The fourth-order valence-corrected chi connectivity index (χ4v) is 3.82. The van der Waals surface area contributed by atoms with Crippen LogP contribution in [0, 0.1) is 23.7 Å². The Labute approximate surface area is 85.6 Å². The van der Waals surface area contributed by atoms with Crippen molar-refractivity contribution in [1.29, 1.82) is 0 Å². The van der Waals surface area contributed by atoms with Crippen LogP contribution in [-0.2, 0) is 4.79 Å². The normalized spacial score (nSPS) is 46.1. The number of fused-ring (bicyclic) bond motifs is 1. The minimum absolute atomic E-state index is 0.418. The van der Waals surface area contributed by atoms with Crippen LogP contribution in [0.25, 0.3) is 0 Å². The lowest BCUT2D eigenvalue weighted by Crippen LogP contribution is -2.40. The molecule has 0 aliphatic heterocycles. The maximum absolute atomic E-state index is 12.0. The van der Waals surface area contributed by atoms with Gasteiger partial charge in [0.1, 0.15) is 5.78 Å². The lowest BCUT2D eigenvalue weighted by molar-refractivity contribution is -0.127. The first-order valence-electron chi connectivity index (χ1n) is 6.07. The summed E-state index contributed by atoms with van der Waals surface area (Å²) in [7, 11) is 0. The van der Waals surface area contributed by atoms with Crippen LogP contribution >= 0.6 is 0 Å². The number of allylic oxidation sites excluding steroid dienone is 2. The maximum atomic E-state index is 12.0. The van der Waals surface area contributed by atoms with Crippen LogP contribution in [0.4, 0.5) is 0 Å². The standard InChI is InChI=1S/C13H18O/c14-12-4-2-1-3-11-9-5-7-10(8-6-9)13(11)12/h5,7,9-11,13H,1-4,6,8H2. The number of hydrogen-bond donors (Lipinski definition) is 0. The number of carbonyl (C=O) groups is 1. The van der Waals surface area contributed by atoms with Crippen molar-refractivity contribution in [2.45, 2.75) is 38.5 Å². The average Bonchev–Trinajstić information content (AvgIpc) is 2.44. The van der Waals surface area contributed by atoms with E-state index >= 15 is 0 Å². The van der Waals surface area contributed by atoms with Crippen LogP contribution < -0.4 is 0 Å². The predicted octanol–water partition coefficient (Wildman–Crippen LogP) is 2.96. The topological polar surface area (TPSA) is 17.1 Å². The molecule has 4 aliphatic rings. The van der Waals surface area contributed by atoms with E-state index in [2.05, 4.69) is 12.2 Å². The molecular weight excluding hydrogens is 172 g/mol. The minimum Gasteiger partial charge on any atom is -0.299 e. The summed E-state index contributed by atoms with van der Waals surface area (Å²) >= 11 is 0. The van der Waals surface area contributed by atoms with Crippen molar-refractivity contribution in [1.82, 2.24) is 0 Å². The van der Waals surface area contributed by atoms with Crippen LogP contribution in [0.15, 0.2) is 12.2 Å². The average molecular weight is 190 g/mol. The Hall–Kier alpha value is -0.590. The molecule has 0 radical (unpaired) electrons. The van der Waals surface area contributed by atoms with Gasteiger partial charge in [-0.2, -0.15) is 0 Å². The van der Waals surface area contributed by atoms with Crippen LogP contribution in [0.5, 0.6) is 0 Å². The molecule has 0 aromatic rings. The molecule has 4 atom stereocenters. The highest BCUT2D eigenvalue weighted by Crippen LogP contribution is 2.48. The largest absolute Gasteiger partial charge is 0.299 e. The first-order valence-corrected chi connectivity index (χ1v) is 6.07. The first kappa shape index (κ1) is 8.70. The van der Waals surface area contributed by atoms with E-state index in [1.807, 2.05) is 0 Å². The Kier molecular flexibility index (Phi) is 2.00. The van der Waals surface area contributed by atoms with Gasteiger partial charge in [-0.1, -0.05) is 18.6 Å². The van der Waals surface area contributed by atoms with Crippen molar-refractivity contribution in [2.24, 2.45) is 23.7 Å². The van der Waals surface area contributed by atoms with Crippen molar-refractivity contribution < 1.29 is 4.79 Å². The highest BCUT2D eigenvalue weighted by Gasteiger charge is 2.44. The molecule has 4 aliphatic carbocycles. The summed E-state index contributed by atoms with van der Waals surface area (Å²) in [5, 5.41) is 0. The molecule has 76 valence electrons. The fourth-order valence-electron chi connectivity index (χ4n) is 3.82. The van der Waals surface area contributed by atoms with Crippen molar-refractivity contribution in [3.63, 3.8) is 0 Å². The van der Waals surface area contributed by atoms with Gasteiger partial charge in [0.15, 0.2) is 0 Å². The van der Waals surface area contributed by atoms with Crippen molar-refractivity contribution >= 4 is 5.78 Å². The lowest BCUT2D eigenvalue weighted by atomic mass is 9.60. The number of Topliss-reactive ketones (excluding diaryl/α,β-unsaturated/α-hetero) is 1. The second-order valence-electron chi connectivity index (χ2n) is 5.19. The summed E-state index contributed by atoms with van der Waals surface area (Å²) in [6.07, 6.45) is 11.9. The summed E-state index contributed by atoms with van der Waals surface area (Å²) in [6, 6.07) is 0. The Morgan fingerprint density at radius 2 is 1.79 bits per heavy atom. The van der Waals surface area contributed by atoms with Gasteiger partial charge >= 0.3 is 0 Å². The SMILES string of the molecule is O=C1CCCCC2C3C=CC(CC3)C12. The van der Waals surface area contributed by atoms with Gasteiger partial charge in [0.25, 0.3) is 0 Å². The summed E-state index contributed by atoms with van der Waals surface area (Å²) in [5.41, 5.74) is 0. The Bertz CT molecular complexity index is 279. The Morgan fingerprint density at radius 3 is 2.57 bits per heavy atom.